The first-order valence-corrected chi connectivity index (χ1v) is 10.7. The second-order valence-electron chi connectivity index (χ2n) is 7.88. The summed E-state index contributed by atoms with van der Waals surface area (Å²) in [6.07, 6.45) is 6.36. The smallest absolute Gasteiger partial charge is 0.261 e. The molecule has 1 fully saturated rings. The van der Waals surface area contributed by atoms with Crippen LogP contribution >= 0.6 is 0 Å². The zero-order valence-electron chi connectivity index (χ0n) is 17.2. The van der Waals surface area contributed by atoms with Crippen molar-refractivity contribution in [1.29, 1.82) is 0 Å². The molecule has 1 aromatic heterocycles. The van der Waals surface area contributed by atoms with Crippen LogP contribution in [0, 0.1) is 0 Å². The van der Waals surface area contributed by atoms with Crippen molar-refractivity contribution in [3.05, 3.63) is 76.8 Å². The normalized spacial score (nSPS) is 16.1. The number of benzene rings is 2. The molecule has 3 aromatic rings. The number of para-hydroxylation sites is 1. The Morgan fingerprint density at radius 1 is 0.967 bits per heavy atom. The molecule has 1 aliphatic heterocycles. The molecule has 1 saturated heterocycles. The summed E-state index contributed by atoms with van der Waals surface area (Å²) in [5.41, 5.74) is 1.66. The van der Waals surface area contributed by atoms with E-state index in [0.717, 1.165) is 13.1 Å². The maximum Gasteiger partial charge on any atom is 0.261 e. The highest BCUT2D eigenvalue weighted by molar-refractivity contribution is 5.78. The molecule has 4 rings (SSSR count). The zero-order valence-corrected chi connectivity index (χ0v) is 17.2. The topological polar surface area (TPSA) is 67.2 Å². The Morgan fingerprint density at radius 3 is 2.43 bits per heavy atom. The van der Waals surface area contributed by atoms with E-state index in [1.165, 1.54) is 42.1 Å². The number of aromatic nitrogens is 2. The number of carbonyl (C=O) groups excluding carboxylic acids is 1. The summed E-state index contributed by atoms with van der Waals surface area (Å²) in [6, 6.07) is 17.7. The van der Waals surface area contributed by atoms with E-state index in [0.29, 0.717) is 17.4 Å². The van der Waals surface area contributed by atoms with Gasteiger partial charge in [0.1, 0.15) is 6.54 Å². The van der Waals surface area contributed by atoms with Crippen LogP contribution in [-0.4, -0.2) is 40.0 Å². The Balaban J connectivity index is 1.46. The molecule has 0 aliphatic carbocycles. The largest absolute Gasteiger partial charge is 0.353 e. The molecule has 2 aromatic carbocycles. The van der Waals surface area contributed by atoms with Gasteiger partial charge in [0, 0.05) is 6.54 Å². The number of carbonyl (C=O) groups is 1. The molecule has 1 atom stereocenters. The van der Waals surface area contributed by atoms with Crippen LogP contribution in [0.5, 0.6) is 0 Å². The Bertz CT molecular complexity index is 1040. The summed E-state index contributed by atoms with van der Waals surface area (Å²) in [5, 5.41) is 3.58. The second-order valence-corrected chi connectivity index (χ2v) is 7.88. The van der Waals surface area contributed by atoms with Gasteiger partial charge in [-0.05, 0) is 43.6 Å². The number of rotatable bonds is 6. The highest BCUT2D eigenvalue weighted by atomic mass is 16.2. The fourth-order valence-electron chi connectivity index (χ4n) is 4.18. The summed E-state index contributed by atoms with van der Waals surface area (Å²) in [7, 11) is 0. The Hall–Kier alpha value is -2.99. The van der Waals surface area contributed by atoms with Crippen molar-refractivity contribution in [2.75, 3.05) is 19.6 Å². The third kappa shape index (κ3) is 4.76. The third-order valence-corrected chi connectivity index (χ3v) is 5.80. The van der Waals surface area contributed by atoms with Gasteiger partial charge < -0.3 is 5.32 Å². The molecule has 30 heavy (non-hydrogen) atoms. The lowest BCUT2D eigenvalue weighted by Crippen LogP contribution is -2.40. The van der Waals surface area contributed by atoms with Crippen molar-refractivity contribution in [1.82, 2.24) is 19.8 Å². The number of likely N-dealkylation sites (tertiary alicyclic amines) is 1. The molecular formula is C24H28N4O2. The predicted molar refractivity (Wildman–Crippen MR) is 118 cm³/mol. The first-order chi connectivity index (χ1) is 14.7. The monoisotopic (exact) mass is 404 g/mol. The van der Waals surface area contributed by atoms with Gasteiger partial charge in [0.25, 0.3) is 5.56 Å². The van der Waals surface area contributed by atoms with E-state index in [1.54, 1.807) is 12.1 Å². The summed E-state index contributed by atoms with van der Waals surface area (Å²) >= 11 is 0. The minimum absolute atomic E-state index is 0.0296. The van der Waals surface area contributed by atoms with Crippen LogP contribution in [-0.2, 0) is 11.3 Å². The lowest BCUT2D eigenvalue weighted by Gasteiger charge is -2.31. The average molecular weight is 405 g/mol. The highest BCUT2D eigenvalue weighted by Crippen LogP contribution is 2.23. The Kier molecular flexibility index (Phi) is 6.54. The van der Waals surface area contributed by atoms with E-state index in [1.807, 2.05) is 30.3 Å². The van der Waals surface area contributed by atoms with Crippen molar-refractivity contribution >= 4 is 16.8 Å². The summed E-state index contributed by atoms with van der Waals surface area (Å²) in [5.74, 6) is -0.176. The molecule has 2 heterocycles. The number of fused-ring (bicyclic) bond motifs is 1. The predicted octanol–water partition coefficient (Wildman–Crippen LogP) is 3.13. The number of hydrogen-bond acceptors (Lipinski definition) is 4. The Morgan fingerprint density at radius 2 is 1.67 bits per heavy atom. The van der Waals surface area contributed by atoms with E-state index in [-0.39, 0.29) is 24.1 Å². The summed E-state index contributed by atoms with van der Waals surface area (Å²) < 4.78 is 1.38. The summed E-state index contributed by atoms with van der Waals surface area (Å²) in [4.78, 5) is 32.1. The van der Waals surface area contributed by atoms with Gasteiger partial charge in [-0.2, -0.15) is 0 Å². The van der Waals surface area contributed by atoms with Gasteiger partial charge in [0.15, 0.2) is 0 Å². The SMILES string of the molecule is O=C(Cn1cnc2ccccc2c1=O)NCC(c1ccccc1)N1CCCCCC1. The van der Waals surface area contributed by atoms with E-state index in [2.05, 4.69) is 27.3 Å². The van der Waals surface area contributed by atoms with Gasteiger partial charge in [-0.3, -0.25) is 19.1 Å². The molecule has 6 nitrogen and oxygen atoms in total. The van der Waals surface area contributed by atoms with Gasteiger partial charge in [-0.15, -0.1) is 0 Å². The van der Waals surface area contributed by atoms with Crippen LogP contribution < -0.4 is 10.9 Å². The van der Waals surface area contributed by atoms with Gasteiger partial charge >= 0.3 is 0 Å². The molecule has 156 valence electrons. The fraction of sp³-hybridized carbons (Fsp3) is 0.375. The molecule has 1 amide bonds. The molecule has 1 aliphatic rings. The molecule has 0 saturated carbocycles. The Labute approximate surface area is 176 Å². The average Bonchev–Trinajstić information content (AvgIpc) is 3.06. The van der Waals surface area contributed by atoms with Crippen molar-refractivity contribution in [2.24, 2.45) is 0 Å². The lowest BCUT2D eigenvalue weighted by atomic mass is 10.0. The first-order valence-electron chi connectivity index (χ1n) is 10.7. The third-order valence-electron chi connectivity index (χ3n) is 5.80. The van der Waals surface area contributed by atoms with Gasteiger partial charge in [-0.25, -0.2) is 4.98 Å². The van der Waals surface area contributed by atoms with Crippen LogP contribution in [0.4, 0.5) is 0 Å². The van der Waals surface area contributed by atoms with Crippen molar-refractivity contribution < 1.29 is 4.79 Å². The fourth-order valence-corrected chi connectivity index (χ4v) is 4.18. The minimum atomic E-state index is -0.192. The van der Waals surface area contributed by atoms with Crippen LogP contribution in [0.2, 0.25) is 0 Å². The van der Waals surface area contributed by atoms with Gasteiger partial charge in [-0.1, -0.05) is 55.3 Å². The van der Waals surface area contributed by atoms with Crippen LogP contribution in [0.3, 0.4) is 0 Å². The lowest BCUT2D eigenvalue weighted by molar-refractivity contribution is -0.122. The molecule has 0 bridgehead atoms. The minimum Gasteiger partial charge on any atom is -0.353 e. The first kappa shape index (κ1) is 20.3. The molecule has 6 heteroatoms. The number of hydrogen-bond donors (Lipinski definition) is 1. The number of nitrogens with zero attached hydrogens (tertiary/aromatic N) is 3. The molecule has 1 unspecified atom stereocenters. The van der Waals surface area contributed by atoms with Crippen LogP contribution in [0.1, 0.15) is 37.3 Å². The highest BCUT2D eigenvalue weighted by Gasteiger charge is 2.22. The maximum absolute atomic E-state index is 12.7. The van der Waals surface area contributed by atoms with Crippen molar-refractivity contribution in [3.8, 4) is 0 Å². The van der Waals surface area contributed by atoms with Crippen LogP contribution in [0.25, 0.3) is 10.9 Å². The standard InChI is InChI=1S/C24H28N4O2/c29-23(17-28-18-26-21-13-7-6-12-20(21)24(28)30)25-16-22(19-10-4-3-5-11-19)27-14-8-1-2-9-15-27/h3-7,10-13,18,22H,1-2,8-9,14-17H2,(H,25,29). The van der Waals surface area contributed by atoms with E-state index in [9.17, 15) is 9.59 Å². The van der Waals surface area contributed by atoms with Crippen molar-refractivity contribution in [3.63, 3.8) is 0 Å². The zero-order chi connectivity index (χ0) is 20.8. The molecular weight excluding hydrogens is 376 g/mol. The quantitative estimate of drug-likeness (QED) is 0.685. The summed E-state index contributed by atoms with van der Waals surface area (Å²) in [6.45, 7) is 2.59. The number of nitrogens with one attached hydrogen (secondary N) is 1. The second kappa shape index (κ2) is 9.67. The molecule has 0 radical (unpaired) electrons. The van der Waals surface area contributed by atoms with E-state index in [4.69, 9.17) is 0 Å². The van der Waals surface area contributed by atoms with Gasteiger partial charge in [0.2, 0.25) is 5.91 Å². The van der Waals surface area contributed by atoms with Crippen LogP contribution in [0.15, 0.2) is 65.7 Å². The van der Waals surface area contributed by atoms with Gasteiger partial charge in [0.05, 0.1) is 23.3 Å². The van der Waals surface area contributed by atoms with Crippen molar-refractivity contribution in [2.45, 2.75) is 38.3 Å². The van der Waals surface area contributed by atoms with E-state index >= 15 is 0 Å². The molecule has 0 spiro atoms. The number of amides is 1. The van der Waals surface area contributed by atoms with E-state index < -0.39 is 0 Å². The maximum atomic E-state index is 12.7. The molecule has 1 N–H and O–H groups in total.